The van der Waals surface area contributed by atoms with Crippen molar-refractivity contribution in [2.75, 3.05) is 0 Å². The van der Waals surface area contributed by atoms with E-state index in [9.17, 15) is 4.79 Å². The number of hydrogen-bond acceptors (Lipinski definition) is 2. The predicted molar refractivity (Wildman–Crippen MR) is 37.6 cm³/mol. The quantitative estimate of drug-likeness (QED) is 0.594. The van der Waals surface area contributed by atoms with Crippen LogP contribution >= 0.6 is 0 Å². The first-order chi connectivity index (χ1) is 4.56. The summed E-state index contributed by atoms with van der Waals surface area (Å²) in [6.07, 6.45) is 3.04. The van der Waals surface area contributed by atoms with E-state index in [0.717, 1.165) is 19.3 Å². The molecule has 0 aromatic rings. The summed E-state index contributed by atoms with van der Waals surface area (Å²) in [5, 5.41) is 8.56. The van der Waals surface area contributed by atoms with Crippen LogP contribution in [0.15, 0.2) is 0 Å². The van der Waals surface area contributed by atoms with Crippen molar-refractivity contribution in [2.45, 2.75) is 32.2 Å². The van der Waals surface area contributed by atoms with Gasteiger partial charge in [0.1, 0.15) is 6.04 Å². The SMILES string of the molecule is CC1([C@@H](N)C(=O)O)CCC1. The van der Waals surface area contributed by atoms with Crippen molar-refractivity contribution in [3.63, 3.8) is 0 Å². The molecule has 1 aliphatic carbocycles. The lowest BCUT2D eigenvalue weighted by atomic mass is 9.66. The smallest absolute Gasteiger partial charge is 0.321 e. The Kier molecular flexibility index (Phi) is 1.68. The number of carboxylic acids is 1. The van der Waals surface area contributed by atoms with Gasteiger partial charge < -0.3 is 10.8 Å². The summed E-state index contributed by atoms with van der Waals surface area (Å²) in [6, 6.07) is -0.666. The molecule has 10 heavy (non-hydrogen) atoms. The molecule has 58 valence electrons. The third kappa shape index (κ3) is 1.01. The van der Waals surface area contributed by atoms with Crippen molar-refractivity contribution in [1.82, 2.24) is 0 Å². The van der Waals surface area contributed by atoms with Gasteiger partial charge in [0.05, 0.1) is 0 Å². The van der Waals surface area contributed by atoms with E-state index in [-0.39, 0.29) is 5.41 Å². The van der Waals surface area contributed by atoms with Gasteiger partial charge in [0.15, 0.2) is 0 Å². The van der Waals surface area contributed by atoms with Gasteiger partial charge in [0.2, 0.25) is 0 Å². The molecule has 0 saturated heterocycles. The average Bonchev–Trinajstić information content (AvgIpc) is 1.81. The van der Waals surface area contributed by atoms with Crippen molar-refractivity contribution in [3.8, 4) is 0 Å². The van der Waals surface area contributed by atoms with Gasteiger partial charge in [0, 0.05) is 0 Å². The highest BCUT2D eigenvalue weighted by atomic mass is 16.4. The first kappa shape index (κ1) is 7.54. The Hall–Kier alpha value is -0.570. The Morgan fingerprint density at radius 2 is 2.20 bits per heavy atom. The summed E-state index contributed by atoms with van der Waals surface area (Å²) in [6.45, 7) is 1.94. The molecule has 0 bridgehead atoms. The Balaban J connectivity index is 2.54. The topological polar surface area (TPSA) is 63.3 Å². The van der Waals surface area contributed by atoms with Crippen LogP contribution in [0.3, 0.4) is 0 Å². The first-order valence-electron chi connectivity index (χ1n) is 3.55. The fraction of sp³-hybridized carbons (Fsp3) is 0.857. The molecule has 0 amide bonds. The third-order valence-corrected chi connectivity index (χ3v) is 2.51. The van der Waals surface area contributed by atoms with E-state index in [1.807, 2.05) is 6.92 Å². The summed E-state index contributed by atoms with van der Waals surface area (Å²) in [4.78, 5) is 10.4. The lowest BCUT2D eigenvalue weighted by Gasteiger charge is -2.41. The fourth-order valence-electron chi connectivity index (χ4n) is 1.34. The van der Waals surface area contributed by atoms with Crippen molar-refractivity contribution in [1.29, 1.82) is 0 Å². The maximum absolute atomic E-state index is 10.4. The summed E-state index contributed by atoms with van der Waals surface area (Å²) < 4.78 is 0. The van der Waals surface area contributed by atoms with E-state index in [2.05, 4.69) is 0 Å². The molecule has 1 rings (SSSR count). The number of rotatable bonds is 2. The van der Waals surface area contributed by atoms with Crippen molar-refractivity contribution >= 4 is 5.97 Å². The van der Waals surface area contributed by atoms with E-state index < -0.39 is 12.0 Å². The van der Waals surface area contributed by atoms with Crippen LogP contribution in [0.25, 0.3) is 0 Å². The Bertz CT molecular complexity index is 152. The molecule has 1 aliphatic rings. The van der Waals surface area contributed by atoms with Crippen LogP contribution < -0.4 is 5.73 Å². The molecule has 1 saturated carbocycles. The molecule has 1 fully saturated rings. The maximum Gasteiger partial charge on any atom is 0.321 e. The number of nitrogens with two attached hydrogens (primary N) is 1. The van der Waals surface area contributed by atoms with Crippen LogP contribution in [0, 0.1) is 5.41 Å². The number of carbonyl (C=O) groups is 1. The zero-order chi connectivity index (χ0) is 7.78. The van der Waals surface area contributed by atoms with Crippen LogP contribution in [0.4, 0.5) is 0 Å². The summed E-state index contributed by atoms with van der Waals surface area (Å²) in [5.74, 6) is -0.873. The van der Waals surface area contributed by atoms with Gasteiger partial charge in [-0.25, -0.2) is 0 Å². The second-order valence-electron chi connectivity index (χ2n) is 3.32. The van der Waals surface area contributed by atoms with E-state index >= 15 is 0 Å². The molecule has 0 aliphatic heterocycles. The Labute approximate surface area is 60.2 Å². The lowest BCUT2D eigenvalue weighted by molar-refractivity contribution is -0.143. The standard InChI is InChI=1S/C7H13NO2/c1-7(3-2-4-7)5(8)6(9)10/h5H,2-4,8H2,1H3,(H,9,10)/t5-/m0/s1. The van der Waals surface area contributed by atoms with Gasteiger partial charge in [-0.1, -0.05) is 13.3 Å². The van der Waals surface area contributed by atoms with Gasteiger partial charge in [0.25, 0.3) is 0 Å². The molecule has 3 heteroatoms. The van der Waals surface area contributed by atoms with E-state index in [0.29, 0.717) is 0 Å². The van der Waals surface area contributed by atoms with Gasteiger partial charge in [-0.05, 0) is 18.3 Å². The molecular weight excluding hydrogens is 130 g/mol. The first-order valence-corrected chi connectivity index (χ1v) is 3.55. The second kappa shape index (κ2) is 2.23. The zero-order valence-corrected chi connectivity index (χ0v) is 6.13. The zero-order valence-electron chi connectivity index (χ0n) is 6.13. The maximum atomic E-state index is 10.4. The monoisotopic (exact) mass is 143 g/mol. The van der Waals surface area contributed by atoms with E-state index in [1.54, 1.807) is 0 Å². The van der Waals surface area contributed by atoms with E-state index in [4.69, 9.17) is 10.8 Å². The molecule has 0 spiro atoms. The van der Waals surface area contributed by atoms with Crippen LogP contribution in [-0.4, -0.2) is 17.1 Å². The number of carboxylic acid groups (broad SMARTS) is 1. The van der Waals surface area contributed by atoms with E-state index in [1.165, 1.54) is 0 Å². The highest BCUT2D eigenvalue weighted by molar-refractivity contribution is 5.74. The highest BCUT2D eigenvalue weighted by Gasteiger charge is 2.41. The Morgan fingerprint density at radius 1 is 1.70 bits per heavy atom. The normalized spacial score (nSPS) is 25.0. The molecule has 0 radical (unpaired) electrons. The second-order valence-corrected chi connectivity index (χ2v) is 3.32. The third-order valence-electron chi connectivity index (χ3n) is 2.51. The lowest BCUT2D eigenvalue weighted by Crippen LogP contribution is -2.49. The number of aliphatic carboxylic acids is 1. The molecule has 3 nitrogen and oxygen atoms in total. The van der Waals surface area contributed by atoms with Gasteiger partial charge in [-0.15, -0.1) is 0 Å². The average molecular weight is 143 g/mol. The molecule has 0 aromatic heterocycles. The minimum Gasteiger partial charge on any atom is -0.480 e. The van der Waals surface area contributed by atoms with Crippen LogP contribution in [-0.2, 0) is 4.79 Å². The van der Waals surface area contributed by atoms with Crippen molar-refractivity contribution in [3.05, 3.63) is 0 Å². The highest BCUT2D eigenvalue weighted by Crippen LogP contribution is 2.42. The molecule has 0 heterocycles. The molecule has 1 atom stereocenters. The molecular formula is C7H13NO2. The fourth-order valence-corrected chi connectivity index (χ4v) is 1.34. The minimum absolute atomic E-state index is 0.119. The van der Waals surface area contributed by atoms with Gasteiger partial charge >= 0.3 is 5.97 Å². The minimum atomic E-state index is -0.873. The summed E-state index contributed by atoms with van der Waals surface area (Å²) in [5.41, 5.74) is 5.34. The molecule has 0 aromatic carbocycles. The van der Waals surface area contributed by atoms with Gasteiger partial charge in [-0.3, -0.25) is 4.79 Å². The van der Waals surface area contributed by atoms with Gasteiger partial charge in [-0.2, -0.15) is 0 Å². The predicted octanol–water partition coefficient (Wildman–Crippen LogP) is 0.588. The van der Waals surface area contributed by atoms with Crippen molar-refractivity contribution in [2.24, 2.45) is 11.1 Å². The van der Waals surface area contributed by atoms with Crippen LogP contribution in [0.1, 0.15) is 26.2 Å². The summed E-state index contributed by atoms with van der Waals surface area (Å²) in [7, 11) is 0. The Morgan fingerprint density at radius 3 is 2.30 bits per heavy atom. The summed E-state index contributed by atoms with van der Waals surface area (Å²) >= 11 is 0. The van der Waals surface area contributed by atoms with Crippen LogP contribution in [0.5, 0.6) is 0 Å². The van der Waals surface area contributed by atoms with Crippen LogP contribution in [0.2, 0.25) is 0 Å². The molecule has 3 N–H and O–H groups in total. The van der Waals surface area contributed by atoms with Crippen molar-refractivity contribution < 1.29 is 9.90 Å². The molecule has 0 unspecified atom stereocenters. The largest absolute Gasteiger partial charge is 0.480 e. The number of hydrogen-bond donors (Lipinski definition) is 2.